The topological polar surface area (TPSA) is 67.2 Å². The molecule has 2 amide bonds. The van der Waals surface area contributed by atoms with Gasteiger partial charge in [0.1, 0.15) is 12.1 Å². The first-order valence-electron chi connectivity index (χ1n) is 7.82. The molecule has 2 atom stereocenters. The van der Waals surface area contributed by atoms with E-state index in [0.29, 0.717) is 24.9 Å². The number of nitrogens with one attached hydrogen (secondary N) is 1. The molecule has 1 aliphatic heterocycles. The van der Waals surface area contributed by atoms with Crippen molar-refractivity contribution in [2.45, 2.75) is 44.3 Å². The molecular weight excluding hydrogens is 268 g/mol. The van der Waals surface area contributed by atoms with Crippen LogP contribution in [0.15, 0.2) is 18.5 Å². The van der Waals surface area contributed by atoms with Crippen LogP contribution in [0.25, 0.3) is 0 Å². The van der Waals surface area contributed by atoms with Crippen molar-refractivity contribution in [2.75, 3.05) is 6.54 Å². The highest BCUT2D eigenvalue weighted by Gasteiger charge is 2.51. The number of nitrogens with zero attached hydrogens (tertiary/aromatic N) is 3. The lowest BCUT2D eigenvalue weighted by Crippen LogP contribution is -2.65. The van der Waals surface area contributed by atoms with Gasteiger partial charge < -0.3 is 10.2 Å². The first kappa shape index (κ1) is 12.9. The maximum absolute atomic E-state index is 12.7. The average molecular weight is 288 g/mol. The molecule has 3 fully saturated rings. The zero-order valence-electron chi connectivity index (χ0n) is 11.9. The summed E-state index contributed by atoms with van der Waals surface area (Å²) in [6.45, 7) is 1.21. The Labute approximate surface area is 123 Å². The van der Waals surface area contributed by atoms with Crippen LogP contribution in [0.2, 0.25) is 0 Å². The van der Waals surface area contributed by atoms with Gasteiger partial charge in [0, 0.05) is 18.9 Å². The molecule has 4 rings (SSSR count). The summed E-state index contributed by atoms with van der Waals surface area (Å²) < 4.78 is 1.82. The van der Waals surface area contributed by atoms with Gasteiger partial charge in [-0.05, 0) is 43.6 Å². The zero-order valence-corrected chi connectivity index (χ0v) is 11.9. The molecule has 2 heterocycles. The summed E-state index contributed by atoms with van der Waals surface area (Å²) in [4.78, 5) is 27.0. The molecule has 3 aliphatic rings. The number of aromatic nitrogens is 2. The van der Waals surface area contributed by atoms with Crippen LogP contribution in [0.4, 0.5) is 0 Å². The second kappa shape index (κ2) is 4.86. The average Bonchev–Trinajstić information content (AvgIpc) is 3.39. The Kier molecular flexibility index (Phi) is 2.97. The van der Waals surface area contributed by atoms with Crippen molar-refractivity contribution >= 4 is 11.8 Å². The Balaban J connectivity index is 1.52. The molecule has 1 N–H and O–H groups in total. The molecule has 1 saturated heterocycles. The molecule has 0 spiro atoms. The van der Waals surface area contributed by atoms with Crippen molar-refractivity contribution in [3.63, 3.8) is 0 Å². The van der Waals surface area contributed by atoms with Gasteiger partial charge in [-0.15, -0.1) is 0 Å². The molecule has 6 nitrogen and oxygen atoms in total. The van der Waals surface area contributed by atoms with Crippen molar-refractivity contribution in [3.05, 3.63) is 18.5 Å². The van der Waals surface area contributed by atoms with Gasteiger partial charge >= 0.3 is 0 Å². The molecule has 6 heteroatoms. The molecule has 2 aliphatic carbocycles. The number of piperazine rings is 1. The predicted octanol–water partition coefficient (Wildman–Crippen LogP) is 0.399. The van der Waals surface area contributed by atoms with Crippen LogP contribution < -0.4 is 5.32 Å². The zero-order chi connectivity index (χ0) is 14.4. The summed E-state index contributed by atoms with van der Waals surface area (Å²) in [7, 11) is 0. The number of carbonyl (C=O) groups is 2. The van der Waals surface area contributed by atoms with E-state index in [9.17, 15) is 9.59 Å². The highest BCUT2D eigenvalue weighted by atomic mass is 16.2. The molecule has 112 valence electrons. The van der Waals surface area contributed by atoms with Crippen LogP contribution in [0.5, 0.6) is 0 Å². The number of carbonyl (C=O) groups excluding carboxylic acids is 2. The number of hydrogen-bond donors (Lipinski definition) is 1. The Bertz CT molecular complexity index is 548. The molecule has 2 unspecified atom stereocenters. The van der Waals surface area contributed by atoms with Crippen molar-refractivity contribution in [3.8, 4) is 0 Å². The second-order valence-corrected chi connectivity index (χ2v) is 6.41. The van der Waals surface area contributed by atoms with Crippen LogP contribution in [0.3, 0.4) is 0 Å². The Morgan fingerprint density at radius 1 is 1.14 bits per heavy atom. The van der Waals surface area contributed by atoms with Crippen LogP contribution in [0, 0.1) is 11.8 Å². The van der Waals surface area contributed by atoms with E-state index in [2.05, 4.69) is 10.4 Å². The van der Waals surface area contributed by atoms with Gasteiger partial charge in [0.2, 0.25) is 11.8 Å². The van der Waals surface area contributed by atoms with E-state index >= 15 is 0 Å². The molecule has 1 aromatic heterocycles. The fourth-order valence-corrected chi connectivity index (χ4v) is 3.28. The number of hydrogen-bond acceptors (Lipinski definition) is 3. The summed E-state index contributed by atoms with van der Waals surface area (Å²) in [6, 6.07) is 1.32. The summed E-state index contributed by atoms with van der Waals surface area (Å²) in [5.74, 6) is 0.871. The molecular formula is C15H20N4O2. The minimum atomic E-state index is -0.287. The van der Waals surface area contributed by atoms with Crippen LogP contribution in [-0.4, -0.2) is 45.1 Å². The fourth-order valence-electron chi connectivity index (χ4n) is 3.28. The van der Waals surface area contributed by atoms with Gasteiger partial charge in [-0.25, -0.2) is 0 Å². The van der Waals surface area contributed by atoms with E-state index in [-0.39, 0.29) is 23.9 Å². The smallest absolute Gasteiger partial charge is 0.246 e. The third-order valence-electron chi connectivity index (χ3n) is 4.74. The van der Waals surface area contributed by atoms with Crippen molar-refractivity contribution in [2.24, 2.45) is 11.8 Å². The van der Waals surface area contributed by atoms with E-state index in [1.165, 1.54) is 0 Å². The maximum Gasteiger partial charge on any atom is 0.246 e. The summed E-state index contributed by atoms with van der Waals surface area (Å²) in [6.07, 6.45) is 7.83. The van der Waals surface area contributed by atoms with Crippen LogP contribution >= 0.6 is 0 Å². The lowest BCUT2D eigenvalue weighted by atomic mass is 10.0. The van der Waals surface area contributed by atoms with Crippen molar-refractivity contribution < 1.29 is 9.59 Å². The molecule has 0 aromatic carbocycles. The Morgan fingerprint density at radius 3 is 2.52 bits per heavy atom. The summed E-state index contributed by atoms with van der Waals surface area (Å²) in [5, 5.41) is 7.14. The largest absolute Gasteiger partial charge is 0.342 e. The summed E-state index contributed by atoms with van der Waals surface area (Å²) >= 11 is 0. The van der Waals surface area contributed by atoms with Crippen LogP contribution in [-0.2, 0) is 16.1 Å². The van der Waals surface area contributed by atoms with Gasteiger partial charge in [-0.2, -0.15) is 5.10 Å². The highest BCUT2D eigenvalue weighted by molar-refractivity contribution is 5.97. The van der Waals surface area contributed by atoms with Crippen LogP contribution in [0.1, 0.15) is 25.7 Å². The normalized spacial score (nSPS) is 29.6. The molecule has 0 bridgehead atoms. The first-order valence-corrected chi connectivity index (χ1v) is 7.82. The van der Waals surface area contributed by atoms with E-state index in [4.69, 9.17) is 0 Å². The monoisotopic (exact) mass is 288 g/mol. The fraction of sp³-hybridized carbons (Fsp3) is 0.667. The number of rotatable bonds is 5. The minimum Gasteiger partial charge on any atom is -0.342 e. The number of amides is 2. The molecule has 2 saturated carbocycles. The lowest BCUT2D eigenvalue weighted by Gasteiger charge is -2.39. The molecule has 0 radical (unpaired) electrons. The van der Waals surface area contributed by atoms with Crippen molar-refractivity contribution in [1.82, 2.24) is 20.0 Å². The standard InChI is InChI=1S/C15H20N4O2/c20-14-13(11-4-5-11)19(9-8-18-7-1-6-16-18)15(21)12(17-14)10-2-3-10/h1,6-7,10-13H,2-5,8-9H2,(H,17,20). The third kappa shape index (κ3) is 2.43. The maximum atomic E-state index is 12.7. The predicted molar refractivity (Wildman–Crippen MR) is 75.1 cm³/mol. The Hall–Kier alpha value is -1.85. The van der Waals surface area contributed by atoms with Gasteiger partial charge in [0.05, 0.1) is 6.54 Å². The Morgan fingerprint density at radius 2 is 1.90 bits per heavy atom. The minimum absolute atomic E-state index is 0.0504. The SMILES string of the molecule is O=C1NC(C2CC2)C(=O)N(CCn2cccn2)C1C1CC1. The molecule has 1 aromatic rings. The molecule has 21 heavy (non-hydrogen) atoms. The van der Waals surface area contributed by atoms with Gasteiger partial charge in [-0.1, -0.05) is 0 Å². The van der Waals surface area contributed by atoms with E-state index in [0.717, 1.165) is 25.7 Å². The highest BCUT2D eigenvalue weighted by Crippen LogP contribution is 2.40. The quantitative estimate of drug-likeness (QED) is 0.853. The van der Waals surface area contributed by atoms with Gasteiger partial charge in [0.15, 0.2) is 0 Å². The van der Waals surface area contributed by atoms with Gasteiger partial charge in [-0.3, -0.25) is 14.3 Å². The third-order valence-corrected chi connectivity index (χ3v) is 4.74. The second-order valence-electron chi connectivity index (χ2n) is 6.41. The summed E-state index contributed by atoms with van der Waals surface area (Å²) in [5.41, 5.74) is 0. The van der Waals surface area contributed by atoms with Gasteiger partial charge in [0.25, 0.3) is 0 Å². The van der Waals surface area contributed by atoms with E-state index < -0.39 is 0 Å². The van der Waals surface area contributed by atoms with E-state index in [1.807, 2.05) is 21.8 Å². The first-order chi connectivity index (χ1) is 10.2. The van der Waals surface area contributed by atoms with E-state index in [1.54, 1.807) is 6.20 Å². The lowest BCUT2D eigenvalue weighted by molar-refractivity contribution is -0.151. The van der Waals surface area contributed by atoms with Crippen molar-refractivity contribution in [1.29, 1.82) is 0 Å².